The van der Waals surface area contributed by atoms with Crippen molar-refractivity contribution in [3.63, 3.8) is 0 Å². The van der Waals surface area contributed by atoms with Gasteiger partial charge < -0.3 is 0 Å². The molecule has 0 saturated heterocycles. The Morgan fingerprint density at radius 1 is 1.33 bits per heavy atom. The third kappa shape index (κ3) is 1.26. The number of hydrogen-bond acceptors (Lipinski definition) is 3. The van der Waals surface area contributed by atoms with Gasteiger partial charge in [0.25, 0.3) is 5.56 Å². The lowest BCUT2D eigenvalue weighted by Crippen LogP contribution is -2.10. The molecule has 0 N–H and O–H groups in total. The smallest absolute Gasteiger partial charge is 0.258 e. The normalized spacial score (nSPS) is 11.3. The van der Waals surface area contributed by atoms with Crippen LogP contribution in [0.2, 0.25) is 5.02 Å². The number of hydrogen-bond donors (Lipinski definition) is 0. The first kappa shape index (κ1) is 8.88. The monoisotopic (exact) mass is 236 g/mol. The number of rotatable bonds is 0. The summed E-state index contributed by atoms with van der Waals surface area (Å²) in [7, 11) is 0. The average Bonchev–Trinajstić information content (AvgIpc) is 2.56. The Labute approximate surface area is 93.6 Å². The van der Waals surface area contributed by atoms with E-state index in [2.05, 4.69) is 4.98 Å². The number of benzene rings is 1. The minimum atomic E-state index is -0.0615. The third-order valence-corrected chi connectivity index (χ3v) is 3.43. The lowest BCUT2D eigenvalue weighted by molar-refractivity contribution is 1.12. The van der Waals surface area contributed by atoms with Crippen LogP contribution in [0.3, 0.4) is 0 Å². The van der Waals surface area contributed by atoms with Crippen LogP contribution in [0.1, 0.15) is 0 Å². The van der Waals surface area contributed by atoms with Gasteiger partial charge in [0.2, 0.25) is 0 Å². The van der Waals surface area contributed by atoms with E-state index in [0.717, 1.165) is 10.2 Å². The van der Waals surface area contributed by atoms with Crippen molar-refractivity contribution in [3.8, 4) is 0 Å². The number of nitrogens with zero attached hydrogens (tertiary/aromatic N) is 2. The van der Waals surface area contributed by atoms with Crippen molar-refractivity contribution in [1.29, 1.82) is 0 Å². The highest BCUT2D eigenvalue weighted by molar-refractivity contribution is 7.23. The summed E-state index contributed by atoms with van der Waals surface area (Å²) in [4.78, 5) is 16.5. The highest BCUT2D eigenvalue weighted by atomic mass is 35.5. The van der Waals surface area contributed by atoms with Gasteiger partial charge in [0.1, 0.15) is 0 Å². The van der Waals surface area contributed by atoms with Gasteiger partial charge in [-0.25, -0.2) is 4.98 Å². The number of fused-ring (bicyclic) bond motifs is 3. The SMILES string of the molecule is O=c1ccnc2sc3cc(Cl)ccc3n12. The Morgan fingerprint density at radius 3 is 3.07 bits per heavy atom. The molecule has 2 heterocycles. The second-order valence-electron chi connectivity index (χ2n) is 3.12. The molecule has 0 aliphatic carbocycles. The predicted octanol–water partition coefficient (Wildman–Crippen LogP) is 2.56. The molecule has 15 heavy (non-hydrogen) atoms. The van der Waals surface area contributed by atoms with Crippen molar-refractivity contribution in [2.45, 2.75) is 0 Å². The maximum Gasteiger partial charge on any atom is 0.258 e. The molecule has 0 fully saturated rings. The van der Waals surface area contributed by atoms with E-state index in [-0.39, 0.29) is 5.56 Å². The van der Waals surface area contributed by atoms with Crippen LogP contribution >= 0.6 is 22.9 Å². The zero-order valence-electron chi connectivity index (χ0n) is 7.48. The minimum absolute atomic E-state index is 0.0615. The molecule has 74 valence electrons. The summed E-state index contributed by atoms with van der Waals surface area (Å²) in [6, 6.07) is 6.91. The molecular formula is C10H5ClN2OS. The van der Waals surface area contributed by atoms with Crippen LogP contribution in [0.25, 0.3) is 15.2 Å². The first-order valence-electron chi connectivity index (χ1n) is 4.31. The molecule has 3 aromatic rings. The van der Waals surface area contributed by atoms with E-state index in [9.17, 15) is 4.79 Å². The summed E-state index contributed by atoms with van der Waals surface area (Å²) in [6.07, 6.45) is 1.52. The van der Waals surface area contributed by atoms with Crippen molar-refractivity contribution in [1.82, 2.24) is 9.38 Å². The summed E-state index contributed by atoms with van der Waals surface area (Å²) in [5.74, 6) is 0. The molecule has 3 nitrogen and oxygen atoms in total. The van der Waals surface area contributed by atoms with E-state index in [1.54, 1.807) is 10.5 Å². The second kappa shape index (κ2) is 3.05. The molecule has 0 amide bonds. The quantitative estimate of drug-likeness (QED) is 0.601. The van der Waals surface area contributed by atoms with Crippen LogP contribution < -0.4 is 5.56 Å². The van der Waals surface area contributed by atoms with Gasteiger partial charge in [-0.15, -0.1) is 0 Å². The predicted molar refractivity (Wildman–Crippen MR) is 61.9 cm³/mol. The maximum atomic E-state index is 11.6. The van der Waals surface area contributed by atoms with Crippen LogP contribution in [0, 0.1) is 0 Å². The highest BCUT2D eigenvalue weighted by Gasteiger charge is 2.06. The fraction of sp³-hybridized carbons (Fsp3) is 0. The standard InChI is InChI=1S/C10H5ClN2OS/c11-6-1-2-7-8(5-6)15-10-12-4-3-9(14)13(7)10/h1-5H. The molecule has 0 atom stereocenters. The number of thiazole rings is 1. The Bertz CT molecular complexity index is 716. The largest absolute Gasteiger partial charge is 0.269 e. The molecule has 3 rings (SSSR count). The number of aromatic nitrogens is 2. The van der Waals surface area contributed by atoms with Crippen LogP contribution in [-0.2, 0) is 0 Å². The molecule has 0 unspecified atom stereocenters. The second-order valence-corrected chi connectivity index (χ2v) is 4.56. The first-order chi connectivity index (χ1) is 7.25. The molecule has 5 heteroatoms. The molecule has 0 aliphatic rings. The van der Waals surface area contributed by atoms with Gasteiger partial charge in [-0.2, -0.15) is 0 Å². The van der Waals surface area contributed by atoms with E-state index in [0.29, 0.717) is 9.98 Å². The molecular weight excluding hydrogens is 232 g/mol. The molecule has 1 aromatic carbocycles. The van der Waals surface area contributed by atoms with Gasteiger partial charge in [-0.3, -0.25) is 9.20 Å². The summed E-state index contributed by atoms with van der Waals surface area (Å²) < 4.78 is 2.56. The first-order valence-corrected chi connectivity index (χ1v) is 5.51. The Balaban J connectivity index is 2.65. The van der Waals surface area contributed by atoms with Gasteiger partial charge in [0.05, 0.1) is 10.2 Å². The van der Waals surface area contributed by atoms with E-state index in [4.69, 9.17) is 11.6 Å². The van der Waals surface area contributed by atoms with Crippen molar-refractivity contribution in [2.24, 2.45) is 0 Å². The van der Waals surface area contributed by atoms with Crippen molar-refractivity contribution >= 4 is 38.1 Å². The van der Waals surface area contributed by atoms with Gasteiger partial charge in [0, 0.05) is 17.3 Å². The average molecular weight is 237 g/mol. The van der Waals surface area contributed by atoms with Gasteiger partial charge in [-0.05, 0) is 18.2 Å². The summed E-state index contributed by atoms with van der Waals surface area (Å²) in [6.45, 7) is 0. The lowest BCUT2D eigenvalue weighted by Gasteiger charge is -1.92. The lowest BCUT2D eigenvalue weighted by atomic mass is 10.3. The molecule has 0 bridgehead atoms. The third-order valence-electron chi connectivity index (χ3n) is 2.18. The fourth-order valence-electron chi connectivity index (χ4n) is 1.54. The molecule has 0 saturated carbocycles. The van der Waals surface area contributed by atoms with E-state index in [1.807, 2.05) is 12.1 Å². The molecule has 0 radical (unpaired) electrons. The van der Waals surface area contributed by atoms with Gasteiger partial charge in [-0.1, -0.05) is 22.9 Å². The maximum absolute atomic E-state index is 11.6. The Kier molecular flexibility index (Phi) is 1.81. The summed E-state index contributed by atoms with van der Waals surface area (Å²) in [5, 5.41) is 0.669. The Morgan fingerprint density at radius 2 is 2.20 bits per heavy atom. The molecule has 0 spiro atoms. The zero-order chi connectivity index (χ0) is 10.4. The van der Waals surface area contributed by atoms with Crippen molar-refractivity contribution in [3.05, 3.63) is 45.8 Å². The van der Waals surface area contributed by atoms with Gasteiger partial charge in [0.15, 0.2) is 4.96 Å². The van der Waals surface area contributed by atoms with Crippen LogP contribution in [0.5, 0.6) is 0 Å². The van der Waals surface area contributed by atoms with Crippen molar-refractivity contribution < 1.29 is 0 Å². The van der Waals surface area contributed by atoms with Crippen LogP contribution in [0.4, 0.5) is 0 Å². The van der Waals surface area contributed by atoms with Crippen molar-refractivity contribution in [2.75, 3.05) is 0 Å². The summed E-state index contributed by atoms with van der Waals surface area (Å²) >= 11 is 7.34. The zero-order valence-corrected chi connectivity index (χ0v) is 9.05. The molecule has 2 aromatic heterocycles. The van der Waals surface area contributed by atoms with Crippen LogP contribution in [-0.4, -0.2) is 9.38 Å². The van der Waals surface area contributed by atoms with E-state index in [1.165, 1.54) is 23.6 Å². The Hall–Kier alpha value is -1.39. The van der Waals surface area contributed by atoms with Crippen LogP contribution in [0.15, 0.2) is 35.3 Å². The molecule has 0 aliphatic heterocycles. The van der Waals surface area contributed by atoms with E-state index >= 15 is 0 Å². The fourth-order valence-corrected chi connectivity index (χ4v) is 2.81. The minimum Gasteiger partial charge on any atom is -0.269 e. The number of halogens is 1. The van der Waals surface area contributed by atoms with E-state index < -0.39 is 0 Å². The summed E-state index contributed by atoms with van der Waals surface area (Å²) in [5.41, 5.74) is 0.797. The van der Waals surface area contributed by atoms with Gasteiger partial charge >= 0.3 is 0 Å². The topological polar surface area (TPSA) is 34.4 Å². The highest BCUT2D eigenvalue weighted by Crippen LogP contribution is 2.26.